The van der Waals surface area contributed by atoms with Crippen LogP contribution in [0.4, 0.5) is 10.3 Å². The lowest BCUT2D eigenvalue weighted by atomic mass is 10.1. The third-order valence-electron chi connectivity index (χ3n) is 5.06. The van der Waals surface area contributed by atoms with Crippen molar-refractivity contribution in [2.24, 2.45) is 0 Å². The summed E-state index contributed by atoms with van der Waals surface area (Å²) >= 11 is 0. The minimum absolute atomic E-state index is 0.0521. The number of hydrogen-bond donors (Lipinski definition) is 1. The molecule has 1 N–H and O–H groups in total. The molecular formula is C19H22FN7O2. The molecule has 0 unspecified atom stereocenters. The van der Waals surface area contributed by atoms with Crippen molar-refractivity contribution in [3.63, 3.8) is 0 Å². The number of nitrogens with zero attached hydrogens (tertiary/aromatic N) is 6. The third kappa shape index (κ3) is 3.69. The molecule has 2 aromatic heterocycles. The highest BCUT2D eigenvalue weighted by molar-refractivity contribution is 5.80. The maximum Gasteiger partial charge on any atom is 0.288 e. The Morgan fingerprint density at radius 1 is 1.21 bits per heavy atom. The molecule has 1 fully saturated rings. The van der Waals surface area contributed by atoms with Crippen LogP contribution in [0.5, 0.6) is 0 Å². The molecular weight excluding hydrogens is 377 g/mol. The number of anilines is 1. The number of rotatable bonds is 4. The number of amides is 1. The summed E-state index contributed by atoms with van der Waals surface area (Å²) in [6.07, 6.45) is 0. The van der Waals surface area contributed by atoms with Gasteiger partial charge in [0, 0.05) is 26.2 Å². The largest absolute Gasteiger partial charge is 0.339 e. The van der Waals surface area contributed by atoms with Crippen molar-refractivity contribution in [2.45, 2.75) is 26.3 Å². The van der Waals surface area contributed by atoms with E-state index in [4.69, 9.17) is 0 Å². The minimum atomic E-state index is -0.836. The summed E-state index contributed by atoms with van der Waals surface area (Å²) in [4.78, 5) is 35.0. The highest BCUT2D eigenvalue weighted by Crippen LogP contribution is 2.17. The fourth-order valence-corrected chi connectivity index (χ4v) is 3.43. The number of halogens is 1. The number of H-pyrrole nitrogens is 1. The standard InChI is InChI=1S/C19H22FN7O2/c1-12(2)17-16(20)18(29)22-19(21-17)26-9-7-25(8-10-26)15(28)11-27-14-6-4-3-5-13(14)23-24-27/h3-6,12H,7-11H2,1-2H3,(H,21,22,29). The molecule has 10 heteroatoms. The zero-order valence-corrected chi connectivity index (χ0v) is 16.3. The van der Waals surface area contributed by atoms with Gasteiger partial charge in [-0.1, -0.05) is 31.2 Å². The molecule has 3 aromatic rings. The van der Waals surface area contributed by atoms with Crippen LogP contribution in [0.3, 0.4) is 0 Å². The molecule has 0 radical (unpaired) electrons. The van der Waals surface area contributed by atoms with E-state index in [-0.39, 0.29) is 24.1 Å². The Labute approximate surface area is 166 Å². The van der Waals surface area contributed by atoms with Crippen LogP contribution in [-0.4, -0.2) is 61.9 Å². The Hall–Kier alpha value is -3.30. The average molecular weight is 399 g/mol. The van der Waals surface area contributed by atoms with Crippen molar-refractivity contribution >= 4 is 22.9 Å². The highest BCUT2D eigenvalue weighted by atomic mass is 19.1. The third-order valence-corrected chi connectivity index (χ3v) is 5.06. The van der Waals surface area contributed by atoms with Crippen LogP contribution in [0.1, 0.15) is 25.5 Å². The molecule has 29 heavy (non-hydrogen) atoms. The van der Waals surface area contributed by atoms with E-state index in [1.807, 2.05) is 29.2 Å². The summed E-state index contributed by atoms with van der Waals surface area (Å²) in [5.74, 6) is -0.743. The second-order valence-corrected chi connectivity index (χ2v) is 7.35. The van der Waals surface area contributed by atoms with E-state index >= 15 is 0 Å². The summed E-state index contributed by atoms with van der Waals surface area (Å²) < 4.78 is 15.6. The fraction of sp³-hybridized carbons (Fsp3) is 0.421. The van der Waals surface area contributed by atoms with Crippen molar-refractivity contribution in [3.8, 4) is 0 Å². The van der Waals surface area contributed by atoms with Gasteiger partial charge in [-0.15, -0.1) is 5.10 Å². The first-order valence-corrected chi connectivity index (χ1v) is 9.54. The van der Waals surface area contributed by atoms with Crippen molar-refractivity contribution < 1.29 is 9.18 Å². The number of para-hydroxylation sites is 1. The first-order chi connectivity index (χ1) is 13.9. The predicted molar refractivity (Wildman–Crippen MR) is 105 cm³/mol. The van der Waals surface area contributed by atoms with Crippen LogP contribution in [0.15, 0.2) is 29.1 Å². The van der Waals surface area contributed by atoms with E-state index in [0.717, 1.165) is 11.0 Å². The van der Waals surface area contributed by atoms with Crippen molar-refractivity contribution in [3.05, 3.63) is 46.1 Å². The summed E-state index contributed by atoms with van der Waals surface area (Å²) in [7, 11) is 0. The van der Waals surface area contributed by atoms with Crippen LogP contribution < -0.4 is 10.5 Å². The number of carbonyl (C=O) groups excluding carboxylic acids is 1. The Bertz CT molecular complexity index is 1100. The molecule has 1 amide bonds. The van der Waals surface area contributed by atoms with Gasteiger partial charge in [-0.05, 0) is 18.1 Å². The van der Waals surface area contributed by atoms with Gasteiger partial charge in [0.15, 0.2) is 0 Å². The number of fused-ring (bicyclic) bond motifs is 1. The Balaban J connectivity index is 1.43. The number of benzene rings is 1. The topological polar surface area (TPSA) is 100 Å². The zero-order chi connectivity index (χ0) is 20.5. The maximum atomic E-state index is 14.0. The number of piperazine rings is 1. The lowest BCUT2D eigenvalue weighted by Gasteiger charge is -2.35. The van der Waals surface area contributed by atoms with E-state index < -0.39 is 11.4 Å². The van der Waals surface area contributed by atoms with Crippen molar-refractivity contribution in [1.82, 2.24) is 29.9 Å². The van der Waals surface area contributed by atoms with Gasteiger partial charge in [0.25, 0.3) is 5.56 Å². The molecule has 9 nitrogen and oxygen atoms in total. The SMILES string of the molecule is CC(C)c1nc(N2CCN(C(=O)Cn3nnc4ccccc43)CC2)[nH]c(=O)c1F. The van der Waals surface area contributed by atoms with Crippen LogP contribution in [0.2, 0.25) is 0 Å². The molecule has 3 heterocycles. The van der Waals surface area contributed by atoms with E-state index in [9.17, 15) is 14.0 Å². The van der Waals surface area contributed by atoms with Gasteiger partial charge >= 0.3 is 0 Å². The highest BCUT2D eigenvalue weighted by Gasteiger charge is 2.25. The monoisotopic (exact) mass is 399 g/mol. The number of hydrogen-bond acceptors (Lipinski definition) is 6. The Morgan fingerprint density at radius 2 is 1.93 bits per heavy atom. The van der Waals surface area contributed by atoms with Gasteiger partial charge in [0.1, 0.15) is 12.1 Å². The molecule has 1 aromatic carbocycles. The Morgan fingerprint density at radius 3 is 2.66 bits per heavy atom. The van der Waals surface area contributed by atoms with Crippen LogP contribution in [0.25, 0.3) is 11.0 Å². The predicted octanol–water partition coefficient (Wildman–Crippen LogP) is 1.13. The van der Waals surface area contributed by atoms with E-state index in [0.29, 0.717) is 32.1 Å². The van der Waals surface area contributed by atoms with E-state index in [1.165, 1.54) is 0 Å². The number of aromatic amines is 1. The number of carbonyl (C=O) groups is 1. The molecule has 1 saturated heterocycles. The van der Waals surface area contributed by atoms with Gasteiger partial charge < -0.3 is 9.80 Å². The lowest BCUT2D eigenvalue weighted by Crippen LogP contribution is -2.50. The van der Waals surface area contributed by atoms with Crippen molar-refractivity contribution in [2.75, 3.05) is 31.1 Å². The molecule has 0 bridgehead atoms. The fourth-order valence-electron chi connectivity index (χ4n) is 3.43. The van der Waals surface area contributed by atoms with E-state index in [2.05, 4.69) is 20.3 Å². The van der Waals surface area contributed by atoms with Gasteiger partial charge in [-0.3, -0.25) is 14.6 Å². The lowest BCUT2D eigenvalue weighted by molar-refractivity contribution is -0.132. The summed E-state index contributed by atoms with van der Waals surface area (Å²) in [6, 6.07) is 7.49. The number of aromatic nitrogens is 5. The molecule has 4 rings (SSSR count). The van der Waals surface area contributed by atoms with Gasteiger partial charge in [0.2, 0.25) is 17.7 Å². The average Bonchev–Trinajstić information content (AvgIpc) is 3.12. The molecule has 1 aliphatic rings. The van der Waals surface area contributed by atoms with Crippen molar-refractivity contribution in [1.29, 1.82) is 0 Å². The van der Waals surface area contributed by atoms with Crippen LogP contribution >= 0.6 is 0 Å². The second kappa shape index (κ2) is 7.61. The first-order valence-electron chi connectivity index (χ1n) is 9.54. The smallest absolute Gasteiger partial charge is 0.288 e. The molecule has 0 atom stereocenters. The molecule has 152 valence electrons. The molecule has 0 aliphatic carbocycles. The molecule has 0 saturated carbocycles. The van der Waals surface area contributed by atoms with E-state index in [1.54, 1.807) is 23.4 Å². The first kappa shape index (κ1) is 19.0. The van der Waals surface area contributed by atoms with Gasteiger partial charge in [0.05, 0.1) is 11.2 Å². The Kier molecular flexibility index (Phi) is 4.99. The zero-order valence-electron chi connectivity index (χ0n) is 16.3. The quantitative estimate of drug-likeness (QED) is 0.706. The summed E-state index contributed by atoms with van der Waals surface area (Å²) in [5.41, 5.74) is 0.946. The summed E-state index contributed by atoms with van der Waals surface area (Å²) in [6.45, 7) is 5.64. The maximum absolute atomic E-state index is 14.0. The molecule has 0 spiro atoms. The number of nitrogens with one attached hydrogen (secondary N) is 1. The van der Waals surface area contributed by atoms with Gasteiger partial charge in [-0.25, -0.2) is 9.67 Å². The van der Waals surface area contributed by atoms with Crippen LogP contribution in [0, 0.1) is 5.82 Å². The molecule has 1 aliphatic heterocycles. The second-order valence-electron chi connectivity index (χ2n) is 7.35. The normalized spacial score (nSPS) is 14.8. The van der Waals surface area contributed by atoms with Crippen LogP contribution in [-0.2, 0) is 11.3 Å². The minimum Gasteiger partial charge on any atom is -0.339 e. The van der Waals surface area contributed by atoms with Gasteiger partial charge in [-0.2, -0.15) is 4.39 Å². The summed E-state index contributed by atoms with van der Waals surface area (Å²) in [5, 5.41) is 8.13.